The van der Waals surface area contributed by atoms with E-state index >= 15 is 0 Å². The van der Waals surface area contributed by atoms with E-state index in [1.807, 2.05) is 31.2 Å². The molecule has 0 fully saturated rings. The minimum atomic E-state index is -0.894. The molecule has 10 heteroatoms. The molecule has 2 aromatic carbocycles. The van der Waals surface area contributed by atoms with Gasteiger partial charge in [-0.2, -0.15) is 4.98 Å². The first-order valence-electron chi connectivity index (χ1n) is 10.9. The summed E-state index contributed by atoms with van der Waals surface area (Å²) in [6.07, 6.45) is 0.852. The summed E-state index contributed by atoms with van der Waals surface area (Å²) in [5.41, 5.74) is 2.30. The molecule has 180 valence electrons. The van der Waals surface area contributed by atoms with E-state index in [1.54, 1.807) is 24.3 Å². The zero-order chi connectivity index (χ0) is 24.9. The summed E-state index contributed by atoms with van der Waals surface area (Å²) in [4.78, 5) is 30.6. The van der Waals surface area contributed by atoms with Crippen LogP contribution in [0.1, 0.15) is 32.6 Å². The van der Waals surface area contributed by atoms with E-state index in [0.29, 0.717) is 45.8 Å². The van der Waals surface area contributed by atoms with Crippen LogP contribution in [0.3, 0.4) is 0 Å². The summed E-state index contributed by atoms with van der Waals surface area (Å²) in [7, 11) is 0. The lowest BCUT2D eigenvalue weighted by Gasteiger charge is -2.30. The van der Waals surface area contributed by atoms with Crippen LogP contribution in [0.25, 0.3) is 11.3 Å². The molecule has 0 bridgehead atoms. The lowest BCUT2D eigenvalue weighted by Crippen LogP contribution is -2.36. The van der Waals surface area contributed by atoms with Crippen molar-refractivity contribution in [2.24, 2.45) is 0 Å². The Morgan fingerprint density at radius 2 is 1.97 bits per heavy atom. The molecule has 0 radical (unpaired) electrons. The minimum absolute atomic E-state index is 0.244. The number of carbonyl (C=O) groups excluding carboxylic acids is 2. The number of benzene rings is 2. The van der Waals surface area contributed by atoms with Crippen LogP contribution < -0.4 is 19.1 Å². The molecule has 0 N–H and O–H groups in total. The van der Waals surface area contributed by atoms with Crippen LogP contribution >= 0.6 is 11.8 Å². The van der Waals surface area contributed by atoms with Gasteiger partial charge in [-0.15, -0.1) is 16.8 Å². The molecule has 1 unspecified atom stereocenters. The molecule has 0 saturated carbocycles. The van der Waals surface area contributed by atoms with Crippen molar-refractivity contribution in [3.05, 3.63) is 60.7 Å². The maximum Gasteiger partial charge on any atom is 0.308 e. The molecule has 2 heterocycles. The Bertz CT molecular complexity index is 1280. The van der Waals surface area contributed by atoms with Gasteiger partial charge in [0, 0.05) is 30.7 Å². The molecule has 1 aliphatic heterocycles. The van der Waals surface area contributed by atoms with Crippen molar-refractivity contribution in [2.75, 3.05) is 17.3 Å². The molecule has 1 aliphatic rings. The van der Waals surface area contributed by atoms with E-state index in [-0.39, 0.29) is 17.5 Å². The van der Waals surface area contributed by atoms with Crippen LogP contribution in [0, 0.1) is 0 Å². The summed E-state index contributed by atoms with van der Waals surface area (Å²) in [6.45, 7) is 8.68. The van der Waals surface area contributed by atoms with Gasteiger partial charge in [0.25, 0.3) is 0 Å². The number of nitrogens with zero attached hydrogens (tertiary/aromatic N) is 4. The van der Waals surface area contributed by atoms with E-state index in [2.05, 4.69) is 21.8 Å². The average Bonchev–Trinajstić information content (AvgIpc) is 2.98. The molecule has 1 atom stereocenters. The van der Waals surface area contributed by atoms with Gasteiger partial charge in [-0.25, -0.2) is 0 Å². The lowest BCUT2D eigenvalue weighted by atomic mass is 10.1. The number of carbonyl (C=O) groups is 2. The summed E-state index contributed by atoms with van der Waals surface area (Å²) in [5.74, 6) is 0.772. The molecule has 9 nitrogen and oxygen atoms in total. The predicted molar refractivity (Wildman–Crippen MR) is 132 cm³/mol. The molecule has 35 heavy (non-hydrogen) atoms. The SMILES string of the molecule is C=CCSc1nnc2c(n1)OC(c1ccc(OC(C)=O)c(OCC)c1)N(C(C)=O)c1ccccc1-2. The Morgan fingerprint density at radius 3 is 2.69 bits per heavy atom. The molecule has 0 aliphatic carbocycles. The van der Waals surface area contributed by atoms with Crippen LogP contribution in [-0.2, 0) is 9.59 Å². The van der Waals surface area contributed by atoms with Gasteiger partial charge in [0.05, 0.1) is 12.3 Å². The van der Waals surface area contributed by atoms with Gasteiger partial charge < -0.3 is 14.2 Å². The van der Waals surface area contributed by atoms with Crippen molar-refractivity contribution in [1.82, 2.24) is 15.2 Å². The number of amides is 1. The first-order chi connectivity index (χ1) is 16.9. The van der Waals surface area contributed by atoms with E-state index in [4.69, 9.17) is 14.2 Å². The Kier molecular flexibility index (Phi) is 7.31. The summed E-state index contributed by atoms with van der Waals surface area (Å²) >= 11 is 1.37. The standard InChI is InChI=1S/C25H24N4O5S/c1-5-13-35-25-26-23-22(27-28-25)18-9-7-8-10-19(18)29(15(3)30)24(34-23)17-11-12-20(33-16(4)31)21(14-17)32-6-2/h5,7-12,14,24H,1,6,13H2,2-4H3. The Balaban J connectivity index is 1.88. The number of para-hydroxylation sites is 1. The number of rotatable bonds is 7. The van der Waals surface area contributed by atoms with Crippen molar-refractivity contribution >= 4 is 29.3 Å². The monoisotopic (exact) mass is 492 g/mol. The second-order valence-corrected chi connectivity index (χ2v) is 8.44. The van der Waals surface area contributed by atoms with Crippen molar-refractivity contribution in [3.63, 3.8) is 0 Å². The van der Waals surface area contributed by atoms with Gasteiger partial charge in [0.2, 0.25) is 23.2 Å². The highest BCUT2D eigenvalue weighted by Crippen LogP contribution is 2.44. The van der Waals surface area contributed by atoms with E-state index in [9.17, 15) is 9.59 Å². The predicted octanol–water partition coefficient (Wildman–Crippen LogP) is 4.58. The van der Waals surface area contributed by atoms with Crippen molar-refractivity contribution in [1.29, 1.82) is 0 Å². The highest BCUT2D eigenvalue weighted by Gasteiger charge is 2.35. The van der Waals surface area contributed by atoms with E-state index < -0.39 is 12.2 Å². The number of anilines is 1. The molecular weight excluding hydrogens is 468 g/mol. The number of fused-ring (bicyclic) bond motifs is 3. The quantitative estimate of drug-likeness (QED) is 0.203. The maximum absolute atomic E-state index is 13.0. The third kappa shape index (κ3) is 5.12. The van der Waals surface area contributed by atoms with Gasteiger partial charge in [-0.3, -0.25) is 14.5 Å². The molecule has 1 amide bonds. The fourth-order valence-corrected chi connectivity index (χ4v) is 4.16. The summed E-state index contributed by atoms with van der Waals surface area (Å²) < 4.78 is 17.4. The van der Waals surface area contributed by atoms with Crippen LogP contribution in [0.15, 0.2) is 60.3 Å². The number of hydrogen-bond acceptors (Lipinski definition) is 9. The topological polar surface area (TPSA) is 104 Å². The third-order valence-corrected chi connectivity index (χ3v) is 5.82. The highest BCUT2D eigenvalue weighted by molar-refractivity contribution is 7.99. The molecule has 1 aromatic heterocycles. The number of aromatic nitrogens is 3. The number of hydrogen-bond donors (Lipinski definition) is 0. The molecule has 0 saturated heterocycles. The Labute approximate surface area is 207 Å². The summed E-state index contributed by atoms with van der Waals surface area (Å²) in [6, 6.07) is 12.4. The first kappa shape index (κ1) is 24.2. The van der Waals surface area contributed by atoms with Gasteiger partial charge in [-0.05, 0) is 31.2 Å². The lowest BCUT2D eigenvalue weighted by molar-refractivity contribution is -0.132. The van der Waals surface area contributed by atoms with Crippen molar-refractivity contribution in [2.45, 2.75) is 32.2 Å². The summed E-state index contributed by atoms with van der Waals surface area (Å²) in [5, 5.41) is 9.02. The van der Waals surface area contributed by atoms with Crippen LogP contribution in [0.2, 0.25) is 0 Å². The molecular formula is C25H24N4O5S. The van der Waals surface area contributed by atoms with Crippen molar-refractivity contribution in [3.8, 4) is 28.6 Å². The molecule has 4 rings (SSSR count). The van der Waals surface area contributed by atoms with Crippen LogP contribution in [0.4, 0.5) is 5.69 Å². The van der Waals surface area contributed by atoms with Crippen LogP contribution in [-0.4, -0.2) is 39.4 Å². The fourth-order valence-electron chi connectivity index (χ4n) is 3.65. The van der Waals surface area contributed by atoms with Gasteiger partial charge in [0.1, 0.15) is 0 Å². The zero-order valence-electron chi connectivity index (χ0n) is 19.6. The van der Waals surface area contributed by atoms with E-state index in [1.165, 1.54) is 30.5 Å². The number of ether oxygens (including phenoxy) is 3. The second-order valence-electron chi connectivity index (χ2n) is 7.46. The van der Waals surface area contributed by atoms with Gasteiger partial charge >= 0.3 is 5.97 Å². The number of thioether (sulfide) groups is 1. The number of esters is 1. The normalized spacial score (nSPS) is 14.1. The van der Waals surface area contributed by atoms with Crippen LogP contribution in [0.5, 0.6) is 17.4 Å². The molecule has 0 spiro atoms. The Morgan fingerprint density at radius 1 is 1.17 bits per heavy atom. The largest absolute Gasteiger partial charge is 0.490 e. The second kappa shape index (κ2) is 10.6. The van der Waals surface area contributed by atoms with E-state index in [0.717, 1.165) is 0 Å². The first-order valence-corrected chi connectivity index (χ1v) is 11.9. The minimum Gasteiger partial charge on any atom is -0.490 e. The maximum atomic E-state index is 13.0. The third-order valence-electron chi connectivity index (χ3n) is 4.99. The average molecular weight is 493 g/mol. The van der Waals surface area contributed by atoms with Crippen molar-refractivity contribution < 1.29 is 23.8 Å². The highest BCUT2D eigenvalue weighted by atomic mass is 32.2. The zero-order valence-corrected chi connectivity index (χ0v) is 20.4. The molecule has 3 aromatic rings. The fraction of sp³-hybridized carbons (Fsp3) is 0.240. The Hall–Kier alpha value is -3.92. The smallest absolute Gasteiger partial charge is 0.308 e. The van der Waals surface area contributed by atoms with Gasteiger partial charge in [-0.1, -0.05) is 36.0 Å². The van der Waals surface area contributed by atoms with Gasteiger partial charge in [0.15, 0.2) is 17.2 Å².